The predicted molar refractivity (Wildman–Crippen MR) is 112 cm³/mol. The van der Waals surface area contributed by atoms with E-state index in [-0.39, 0.29) is 16.2 Å². The molecule has 0 fully saturated rings. The number of ether oxygens (including phenoxy) is 1. The van der Waals surface area contributed by atoms with E-state index < -0.39 is 21.7 Å². The molecule has 8 heteroatoms. The molecule has 0 bridgehead atoms. The van der Waals surface area contributed by atoms with Crippen molar-refractivity contribution in [2.45, 2.75) is 11.3 Å². The molecule has 0 saturated carbocycles. The van der Waals surface area contributed by atoms with E-state index in [1.165, 1.54) is 53.9 Å². The van der Waals surface area contributed by atoms with Crippen LogP contribution in [0.5, 0.6) is 5.75 Å². The summed E-state index contributed by atoms with van der Waals surface area (Å²) in [6, 6.07) is 16.8. The van der Waals surface area contributed by atoms with E-state index in [0.717, 1.165) is 5.56 Å². The standard InChI is InChI=1S/C22H19FN2O4S/c1-29-21-11-10-18(14-19(21)22(26)24-17-8-6-16(23)7-9-17)30(27,28)25-13-12-15-4-2-3-5-20(15)25/h2-11,14H,12-13H2,1H3,(H,24,26). The number of carbonyl (C=O) groups is 1. The number of para-hydroxylation sites is 1. The average molecular weight is 426 g/mol. The summed E-state index contributed by atoms with van der Waals surface area (Å²) in [5.41, 5.74) is 2.05. The van der Waals surface area contributed by atoms with Crippen molar-refractivity contribution in [3.8, 4) is 5.75 Å². The van der Waals surface area contributed by atoms with E-state index in [0.29, 0.717) is 24.3 Å². The highest BCUT2D eigenvalue weighted by Gasteiger charge is 2.31. The molecule has 0 unspecified atom stereocenters. The average Bonchev–Trinajstić information content (AvgIpc) is 3.20. The first-order chi connectivity index (χ1) is 14.4. The summed E-state index contributed by atoms with van der Waals surface area (Å²) in [6.07, 6.45) is 0.628. The van der Waals surface area contributed by atoms with Crippen LogP contribution >= 0.6 is 0 Å². The number of hydrogen-bond acceptors (Lipinski definition) is 4. The van der Waals surface area contributed by atoms with Crippen molar-refractivity contribution >= 4 is 27.3 Å². The monoisotopic (exact) mass is 426 g/mol. The SMILES string of the molecule is COc1ccc(S(=O)(=O)N2CCc3ccccc32)cc1C(=O)Nc1ccc(F)cc1. The molecular formula is C22H19FN2O4S. The van der Waals surface area contributed by atoms with E-state index in [1.807, 2.05) is 12.1 Å². The number of nitrogens with one attached hydrogen (secondary N) is 1. The number of carbonyl (C=O) groups excluding carboxylic acids is 1. The molecule has 0 radical (unpaired) electrons. The molecule has 6 nitrogen and oxygen atoms in total. The molecule has 154 valence electrons. The minimum atomic E-state index is -3.86. The van der Waals surface area contributed by atoms with Crippen molar-refractivity contribution in [1.29, 1.82) is 0 Å². The Morgan fingerprint density at radius 1 is 1.07 bits per heavy atom. The van der Waals surface area contributed by atoms with Gasteiger partial charge in [-0.25, -0.2) is 12.8 Å². The Bertz CT molecular complexity index is 1210. The lowest BCUT2D eigenvalue weighted by Crippen LogP contribution is -2.29. The van der Waals surface area contributed by atoms with Gasteiger partial charge >= 0.3 is 0 Å². The first-order valence-corrected chi connectivity index (χ1v) is 10.7. The smallest absolute Gasteiger partial charge is 0.264 e. The third-order valence-corrected chi connectivity index (χ3v) is 6.76. The number of nitrogens with zero attached hydrogens (tertiary/aromatic N) is 1. The molecule has 3 aromatic rings. The minimum absolute atomic E-state index is 0.00995. The molecule has 4 rings (SSSR count). The van der Waals surface area contributed by atoms with Gasteiger partial charge in [0.05, 0.1) is 23.3 Å². The maximum absolute atomic E-state index is 13.3. The molecule has 0 aliphatic carbocycles. The van der Waals surface area contributed by atoms with Crippen molar-refractivity contribution in [1.82, 2.24) is 0 Å². The van der Waals surface area contributed by atoms with Crippen LogP contribution in [0.3, 0.4) is 0 Å². The van der Waals surface area contributed by atoms with Crippen LogP contribution in [0, 0.1) is 5.82 Å². The summed E-state index contributed by atoms with van der Waals surface area (Å²) in [7, 11) is -2.47. The van der Waals surface area contributed by atoms with Gasteiger partial charge in [0, 0.05) is 12.2 Å². The summed E-state index contributed by atoms with van der Waals surface area (Å²) >= 11 is 0. The second-order valence-electron chi connectivity index (χ2n) is 6.78. The van der Waals surface area contributed by atoms with Gasteiger partial charge < -0.3 is 10.1 Å². The normalized spacial score (nSPS) is 13.1. The summed E-state index contributed by atoms with van der Waals surface area (Å²) in [6.45, 7) is 0.338. The van der Waals surface area contributed by atoms with Crippen molar-refractivity contribution in [2.24, 2.45) is 0 Å². The van der Waals surface area contributed by atoms with E-state index in [9.17, 15) is 17.6 Å². The number of anilines is 2. The fraction of sp³-hybridized carbons (Fsp3) is 0.136. The molecule has 1 aliphatic rings. The second kappa shape index (κ2) is 7.79. The van der Waals surface area contributed by atoms with Gasteiger partial charge in [-0.15, -0.1) is 0 Å². The van der Waals surface area contributed by atoms with Gasteiger partial charge in [-0.1, -0.05) is 18.2 Å². The maximum Gasteiger partial charge on any atom is 0.264 e. The number of methoxy groups -OCH3 is 1. The topological polar surface area (TPSA) is 75.7 Å². The van der Waals surface area contributed by atoms with E-state index in [1.54, 1.807) is 12.1 Å². The van der Waals surface area contributed by atoms with Gasteiger partial charge in [0.15, 0.2) is 0 Å². The molecule has 0 aromatic heterocycles. The van der Waals surface area contributed by atoms with Crippen LogP contribution in [0.4, 0.5) is 15.8 Å². The second-order valence-corrected chi connectivity index (χ2v) is 8.64. The minimum Gasteiger partial charge on any atom is -0.496 e. The van der Waals surface area contributed by atoms with Gasteiger partial charge in [-0.3, -0.25) is 9.10 Å². The Morgan fingerprint density at radius 3 is 2.53 bits per heavy atom. The molecule has 0 saturated heterocycles. The maximum atomic E-state index is 13.3. The number of sulfonamides is 1. The highest BCUT2D eigenvalue weighted by Crippen LogP contribution is 2.34. The Morgan fingerprint density at radius 2 is 1.80 bits per heavy atom. The quantitative estimate of drug-likeness (QED) is 0.673. The molecule has 1 aliphatic heterocycles. The predicted octanol–water partition coefficient (Wildman–Crippen LogP) is 3.84. The van der Waals surface area contributed by atoms with Gasteiger partial charge in [0.25, 0.3) is 15.9 Å². The molecule has 1 N–H and O–H groups in total. The summed E-state index contributed by atoms with van der Waals surface area (Å²) in [4.78, 5) is 12.8. The number of rotatable bonds is 5. The summed E-state index contributed by atoms with van der Waals surface area (Å²) < 4.78 is 46.3. The molecule has 0 spiro atoms. The van der Waals surface area contributed by atoms with Crippen molar-refractivity contribution in [3.05, 3.63) is 83.7 Å². The molecule has 1 amide bonds. The third-order valence-electron chi connectivity index (χ3n) is 4.95. The van der Waals surface area contributed by atoms with E-state index in [4.69, 9.17) is 4.74 Å². The van der Waals surface area contributed by atoms with Gasteiger partial charge in [-0.05, 0) is 60.5 Å². The molecule has 3 aromatic carbocycles. The highest BCUT2D eigenvalue weighted by molar-refractivity contribution is 7.92. The zero-order chi connectivity index (χ0) is 21.3. The fourth-order valence-electron chi connectivity index (χ4n) is 3.44. The van der Waals surface area contributed by atoms with Crippen LogP contribution in [0.1, 0.15) is 15.9 Å². The lowest BCUT2D eigenvalue weighted by molar-refractivity contribution is 0.102. The van der Waals surface area contributed by atoms with Crippen molar-refractivity contribution in [3.63, 3.8) is 0 Å². The zero-order valence-corrected chi connectivity index (χ0v) is 16.9. The van der Waals surface area contributed by atoms with Gasteiger partial charge in [0.2, 0.25) is 0 Å². The largest absolute Gasteiger partial charge is 0.496 e. The van der Waals surface area contributed by atoms with Gasteiger partial charge in [0.1, 0.15) is 11.6 Å². The van der Waals surface area contributed by atoms with Gasteiger partial charge in [-0.2, -0.15) is 0 Å². The van der Waals surface area contributed by atoms with Crippen LogP contribution in [0.25, 0.3) is 0 Å². The van der Waals surface area contributed by atoms with Crippen LogP contribution in [0.2, 0.25) is 0 Å². The van der Waals surface area contributed by atoms with Crippen LogP contribution in [-0.4, -0.2) is 28.0 Å². The summed E-state index contributed by atoms with van der Waals surface area (Å²) in [5.74, 6) is -0.753. The van der Waals surface area contributed by atoms with Crippen LogP contribution < -0.4 is 14.4 Å². The van der Waals surface area contributed by atoms with E-state index in [2.05, 4.69) is 5.32 Å². The number of benzene rings is 3. The molecule has 0 atom stereocenters. The lowest BCUT2D eigenvalue weighted by atomic mass is 10.2. The Kier molecular flexibility index (Phi) is 5.17. The highest BCUT2D eigenvalue weighted by atomic mass is 32.2. The number of amides is 1. The first-order valence-electron chi connectivity index (χ1n) is 9.26. The lowest BCUT2D eigenvalue weighted by Gasteiger charge is -2.20. The molecule has 1 heterocycles. The zero-order valence-electron chi connectivity index (χ0n) is 16.1. The number of hydrogen-bond donors (Lipinski definition) is 1. The fourth-order valence-corrected chi connectivity index (χ4v) is 4.97. The molecular weight excluding hydrogens is 407 g/mol. The van der Waals surface area contributed by atoms with E-state index >= 15 is 0 Å². The number of fused-ring (bicyclic) bond motifs is 1. The third kappa shape index (κ3) is 3.61. The summed E-state index contributed by atoms with van der Waals surface area (Å²) in [5, 5.41) is 2.63. The van der Waals surface area contributed by atoms with Crippen LogP contribution in [-0.2, 0) is 16.4 Å². The first kappa shape index (κ1) is 19.9. The Labute approximate surface area is 174 Å². The number of halogens is 1. The van der Waals surface area contributed by atoms with Crippen molar-refractivity contribution in [2.75, 3.05) is 23.3 Å². The van der Waals surface area contributed by atoms with Crippen LogP contribution in [0.15, 0.2) is 71.6 Å². The Balaban J connectivity index is 1.69. The Hall–Kier alpha value is -3.39. The van der Waals surface area contributed by atoms with Crippen molar-refractivity contribution < 1.29 is 22.3 Å². The molecule has 30 heavy (non-hydrogen) atoms.